The van der Waals surface area contributed by atoms with Crippen LogP contribution in [-0.2, 0) is 11.2 Å². The first-order valence-corrected chi connectivity index (χ1v) is 8.90. The van der Waals surface area contributed by atoms with Crippen LogP contribution >= 0.6 is 11.6 Å². The Balaban J connectivity index is 1.75. The molecule has 1 heterocycles. The highest BCUT2D eigenvalue weighted by molar-refractivity contribution is 6.30. The molecule has 0 aromatic heterocycles. The van der Waals surface area contributed by atoms with E-state index in [1.54, 1.807) is 7.05 Å². The third kappa shape index (κ3) is 5.71. The summed E-state index contributed by atoms with van der Waals surface area (Å²) in [6.45, 7) is 2.71. The van der Waals surface area contributed by atoms with E-state index < -0.39 is 0 Å². The number of hydrogen-bond acceptors (Lipinski definition) is 2. The molecule has 2 rings (SSSR count). The molecule has 6 heteroatoms. The molecule has 132 valence electrons. The Morgan fingerprint density at radius 3 is 2.75 bits per heavy atom. The van der Waals surface area contributed by atoms with Crippen molar-refractivity contribution in [1.82, 2.24) is 15.5 Å². The van der Waals surface area contributed by atoms with Gasteiger partial charge >= 0.3 is 0 Å². The number of halogens is 1. The van der Waals surface area contributed by atoms with Gasteiger partial charge in [0.1, 0.15) is 0 Å². The Morgan fingerprint density at radius 1 is 1.38 bits per heavy atom. The summed E-state index contributed by atoms with van der Waals surface area (Å²) >= 11 is 6.01. The Morgan fingerprint density at radius 2 is 2.12 bits per heavy atom. The fourth-order valence-electron chi connectivity index (χ4n) is 3.06. The van der Waals surface area contributed by atoms with Crippen molar-refractivity contribution in [2.24, 2.45) is 10.9 Å². The zero-order valence-electron chi connectivity index (χ0n) is 14.5. The number of hydrogen-bond donors (Lipinski definition) is 2. The molecule has 0 atom stereocenters. The number of aliphatic imine (C=N–C) groups is 1. The predicted molar refractivity (Wildman–Crippen MR) is 99.5 cm³/mol. The number of carbonyl (C=O) groups is 1. The lowest BCUT2D eigenvalue weighted by molar-refractivity contribution is -0.121. The maximum Gasteiger partial charge on any atom is 0.220 e. The Kier molecular flexibility index (Phi) is 7.37. The van der Waals surface area contributed by atoms with Gasteiger partial charge in [0.2, 0.25) is 5.91 Å². The summed E-state index contributed by atoms with van der Waals surface area (Å²) in [5, 5.41) is 6.91. The average Bonchev–Trinajstić information content (AvgIpc) is 2.59. The Hall–Kier alpha value is -1.75. The van der Waals surface area contributed by atoms with E-state index in [4.69, 9.17) is 11.6 Å². The van der Waals surface area contributed by atoms with Crippen LogP contribution in [-0.4, -0.2) is 50.5 Å². The van der Waals surface area contributed by atoms with Crippen LogP contribution in [0.4, 0.5) is 0 Å². The van der Waals surface area contributed by atoms with E-state index >= 15 is 0 Å². The number of guanidine groups is 1. The van der Waals surface area contributed by atoms with Crippen LogP contribution in [0.3, 0.4) is 0 Å². The van der Waals surface area contributed by atoms with Crippen LogP contribution in [0.15, 0.2) is 29.3 Å². The Labute approximate surface area is 149 Å². The first-order chi connectivity index (χ1) is 11.6. The zero-order valence-corrected chi connectivity index (χ0v) is 15.3. The molecule has 0 unspecified atom stereocenters. The van der Waals surface area contributed by atoms with E-state index in [0.717, 1.165) is 49.9 Å². The van der Waals surface area contributed by atoms with Gasteiger partial charge in [0, 0.05) is 45.2 Å². The quantitative estimate of drug-likeness (QED) is 0.633. The number of benzene rings is 1. The van der Waals surface area contributed by atoms with Crippen LogP contribution in [0.25, 0.3) is 0 Å². The minimum Gasteiger partial charge on any atom is -0.359 e. The number of nitrogens with zero attached hydrogens (tertiary/aromatic N) is 2. The lowest BCUT2D eigenvalue weighted by Crippen LogP contribution is -2.46. The van der Waals surface area contributed by atoms with Crippen LogP contribution in [0.5, 0.6) is 0 Å². The summed E-state index contributed by atoms with van der Waals surface area (Å²) in [6, 6.07) is 7.95. The molecule has 1 aromatic rings. The molecule has 5 nitrogen and oxygen atoms in total. The molecular formula is C18H27ClN4O. The molecule has 0 radical (unpaired) electrons. The van der Waals surface area contributed by atoms with E-state index in [1.807, 2.05) is 25.2 Å². The molecule has 2 N–H and O–H groups in total. The van der Waals surface area contributed by atoms with Crippen molar-refractivity contribution >= 4 is 23.5 Å². The number of likely N-dealkylation sites (tertiary alicyclic amines) is 1. The molecule has 1 aliphatic heterocycles. The number of carbonyl (C=O) groups excluding carboxylic acids is 1. The third-order valence-electron chi connectivity index (χ3n) is 4.46. The highest BCUT2D eigenvalue weighted by Gasteiger charge is 2.22. The standard InChI is InChI=1S/C18H27ClN4O/c1-20-17(24)13-15-7-10-23(11-8-15)18(21-2)22-9-6-14-4-3-5-16(19)12-14/h3-5,12,15H,6-11,13H2,1-2H3,(H,20,24)(H,21,22). The zero-order chi connectivity index (χ0) is 17.4. The largest absolute Gasteiger partial charge is 0.359 e. The van der Waals surface area contributed by atoms with Gasteiger partial charge in [0.05, 0.1) is 0 Å². The van der Waals surface area contributed by atoms with Gasteiger partial charge in [-0.25, -0.2) is 0 Å². The summed E-state index contributed by atoms with van der Waals surface area (Å²) in [7, 11) is 3.52. The molecule has 24 heavy (non-hydrogen) atoms. The second-order valence-electron chi connectivity index (χ2n) is 6.16. The fourth-order valence-corrected chi connectivity index (χ4v) is 3.27. The minimum absolute atomic E-state index is 0.137. The maximum absolute atomic E-state index is 11.5. The summed E-state index contributed by atoms with van der Waals surface area (Å²) in [4.78, 5) is 18.1. The van der Waals surface area contributed by atoms with Crippen LogP contribution in [0, 0.1) is 5.92 Å². The van der Waals surface area contributed by atoms with Gasteiger partial charge in [-0.2, -0.15) is 0 Å². The van der Waals surface area contributed by atoms with Crippen molar-refractivity contribution in [2.45, 2.75) is 25.7 Å². The molecule has 1 aliphatic rings. The number of amides is 1. The molecule has 0 saturated carbocycles. The molecule has 1 aromatic carbocycles. The van der Waals surface area contributed by atoms with E-state index in [2.05, 4.69) is 26.6 Å². The van der Waals surface area contributed by atoms with Gasteiger partial charge in [-0.3, -0.25) is 9.79 Å². The van der Waals surface area contributed by atoms with E-state index in [1.165, 1.54) is 5.56 Å². The molecule has 1 fully saturated rings. The summed E-state index contributed by atoms with van der Waals surface area (Å²) < 4.78 is 0. The number of rotatable bonds is 5. The van der Waals surface area contributed by atoms with Gasteiger partial charge in [0.15, 0.2) is 5.96 Å². The average molecular weight is 351 g/mol. The smallest absolute Gasteiger partial charge is 0.220 e. The van der Waals surface area contributed by atoms with Gasteiger partial charge < -0.3 is 15.5 Å². The summed E-state index contributed by atoms with van der Waals surface area (Å²) in [5.41, 5.74) is 1.22. The topological polar surface area (TPSA) is 56.7 Å². The van der Waals surface area contributed by atoms with Crippen LogP contribution in [0.1, 0.15) is 24.8 Å². The second kappa shape index (κ2) is 9.52. The second-order valence-corrected chi connectivity index (χ2v) is 6.60. The number of piperidine rings is 1. The maximum atomic E-state index is 11.5. The van der Waals surface area contributed by atoms with E-state index in [0.29, 0.717) is 12.3 Å². The molecular weight excluding hydrogens is 324 g/mol. The summed E-state index contributed by atoms with van der Waals surface area (Å²) in [6.07, 6.45) is 3.60. The van der Waals surface area contributed by atoms with Crippen LogP contribution in [0.2, 0.25) is 5.02 Å². The SMILES string of the molecule is CN=C(NCCc1cccc(Cl)c1)N1CCC(CC(=O)NC)CC1. The first-order valence-electron chi connectivity index (χ1n) is 8.53. The lowest BCUT2D eigenvalue weighted by atomic mass is 9.93. The van der Waals surface area contributed by atoms with Gasteiger partial charge in [0.25, 0.3) is 0 Å². The van der Waals surface area contributed by atoms with Crippen molar-refractivity contribution in [3.05, 3.63) is 34.9 Å². The highest BCUT2D eigenvalue weighted by Crippen LogP contribution is 2.20. The van der Waals surface area contributed by atoms with Crippen molar-refractivity contribution in [3.63, 3.8) is 0 Å². The van der Waals surface area contributed by atoms with Crippen molar-refractivity contribution in [1.29, 1.82) is 0 Å². The highest BCUT2D eigenvalue weighted by atomic mass is 35.5. The van der Waals surface area contributed by atoms with E-state index in [-0.39, 0.29) is 5.91 Å². The normalized spacial score (nSPS) is 16.1. The molecule has 1 amide bonds. The van der Waals surface area contributed by atoms with E-state index in [9.17, 15) is 4.79 Å². The van der Waals surface area contributed by atoms with Gasteiger partial charge in [-0.05, 0) is 42.9 Å². The Bertz CT molecular complexity index is 568. The number of nitrogens with one attached hydrogen (secondary N) is 2. The third-order valence-corrected chi connectivity index (χ3v) is 4.70. The first kappa shape index (κ1) is 18.6. The van der Waals surface area contributed by atoms with Crippen LogP contribution < -0.4 is 10.6 Å². The van der Waals surface area contributed by atoms with Crippen molar-refractivity contribution < 1.29 is 4.79 Å². The van der Waals surface area contributed by atoms with Crippen molar-refractivity contribution in [2.75, 3.05) is 33.7 Å². The monoisotopic (exact) mass is 350 g/mol. The van der Waals surface area contributed by atoms with Gasteiger partial charge in [-0.15, -0.1) is 0 Å². The predicted octanol–water partition coefficient (Wildman–Crippen LogP) is 2.31. The van der Waals surface area contributed by atoms with Crippen molar-refractivity contribution in [3.8, 4) is 0 Å². The molecule has 1 saturated heterocycles. The minimum atomic E-state index is 0.137. The molecule has 0 spiro atoms. The van der Waals surface area contributed by atoms with Gasteiger partial charge in [-0.1, -0.05) is 23.7 Å². The fraction of sp³-hybridized carbons (Fsp3) is 0.556. The molecule has 0 bridgehead atoms. The summed E-state index contributed by atoms with van der Waals surface area (Å²) in [5.74, 6) is 1.55. The molecule has 0 aliphatic carbocycles. The lowest BCUT2D eigenvalue weighted by Gasteiger charge is -2.34.